The van der Waals surface area contributed by atoms with Gasteiger partial charge in [-0.25, -0.2) is 0 Å². The van der Waals surface area contributed by atoms with Crippen LogP contribution in [0.25, 0.3) is 0 Å². The van der Waals surface area contributed by atoms with E-state index in [1.807, 2.05) is 48.5 Å². The summed E-state index contributed by atoms with van der Waals surface area (Å²) in [4.78, 5) is 41.4. The Morgan fingerprint density at radius 1 is 0.818 bits per heavy atom. The van der Waals surface area contributed by atoms with Crippen molar-refractivity contribution >= 4 is 49.6 Å². The number of hydrogen-bond acceptors (Lipinski definition) is 4. The predicted molar refractivity (Wildman–Crippen MR) is 129 cm³/mol. The fourth-order valence-electron chi connectivity index (χ4n) is 6.42. The summed E-state index contributed by atoms with van der Waals surface area (Å²) in [6.45, 7) is -0.333. The number of alkyl halides is 2. The number of halogens is 2. The number of imide groups is 1. The number of nitrogens with zero attached hydrogens (tertiary/aromatic N) is 1. The molecular formula is C26H23Br2NO4. The molecule has 33 heavy (non-hydrogen) atoms. The third kappa shape index (κ3) is 2.78. The Bertz CT molecular complexity index is 1070. The zero-order valence-corrected chi connectivity index (χ0v) is 21.1. The molecule has 2 atom stereocenters. The highest BCUT2D eigenvalue weighted by Gasteiger charge is 2.72. The minimum atomic E-state index is -0.838. The van der Waals surface area contributed by atoms with Crippen molar-refractivity contribution < 1.29 is 19.1 Å². The van der Waals surface area contributed by atoms with Crippen LogP contribution in [0, 0.1) is 11.8 Å². The summed E-state index contributed by atoms with van der Waals surface area (Å²) in [5.41, 5.74) is 3.92. The van der Waals surface area contributed by atoms with Crippen molar-refractivity contribution in [3.8, 4) is 0 Å². The Morgan fingerprint density at radius 2 is 1.24 bits per heavy atom. The van der Waals surface area contributed by atoms with Gasteiger partial charge >= 0.3 is 5.97 Å². The quantitative estimate of drug-likeness (QED) is 0.302. The largest absolute Gasteiger partial charge is 0.461 e. The highest BCUT2D eigenvalue weighted by molar-refractivity contribution is 9.10. The van der Waals surface area contributed by atoms with Gasteiger partial charge in [0.15, 0.2) is 0 Å². The highest BCUT2D eigenvalue weighted by Crippen LogP contribution is 2.70. The van der Waals surface area contributed by atoms with Crippen molar-refractivity contribution in [1.82, 2.24) is 4.90 Å². The van der Waals surface area contributed by atoms with Crippen LogP contribution in [0.15, 0.2) is 48.5 Å². The molecule has 0 N–H and O–H groups in total. The molecule has 2 aromatic rings. The van der Waals surface area contributed by atoms with Crippen LogP contribution in [0.1, 0.15) is 54.4 Å². The summed E-state index contributed by atoms with van der Waals surface area (Å²) < 4.78 is 3.96. The number of esters is 1. The van der Waals surface area contributed by atoms with Crippen molar-refractivity contribution in [2.75, 3.05) is 6.54 Å². The maximum absolute atomic E-state index is 13.8. The molecule has 1 saturated carbocycles. The molecule has 7 rings (SSSR count). The first-order valence-electron chi connectivity index (χ1n) is 11.5. The summed E-state index contributed by atoms with van der Waals surface area (Å²) >= 11 is 7.93. The molecule has 5 nitrogen and oxygen atoms in total. The van der Waals surface area contributed by atoms with E-state index in [1.165, 1.54) is 0 Å². The van der Waals surface area contributed by atoms with Gasteiger partial charge in [-0.05, 0) is 47.9 Å². The van der Waals surface area contributed by atoms with E-state index in [9.17, 15) is 14.4 Å². The number of ether oxygens (including phenoxy) is 1. The second-order valence-corrected chi connectivity index (χ2v) is 12.0. The number of carbonyl (C=O) groups is 3. The van der Waals surface area contributed by atoms with Gasteiger partial charge in [-0.2, -0.15) is 0 Å². The van der Waals surface area contributed by atoms with Crippen LogP contribution in [-0.4, -0.2) is 35.3 Å². The van der Waals surface area contributed by atoms with Crippen LogP contribution in [0.4, 0.5) is 0 Å². The zero-order chi connectivity index (χ0) is 23.0. The lowest BCUT2D eigenvalue weighted by molar-refractivity contribution is -0.157. The van der Waals surface area contributed by atoms with E-state index < -0.39 is 26.5 Å². The van der Waals surface area contributed by atoms with Gasteiger partial charge in [0.25, 0.3) is 0 Å². The van der Waals surface area contributed by atoms with Crippen molar-refractivity contribution in [3.05, 3.63) is 70.8 Å². The fraction of sp³-hybridized carbons (Fsp3) is 0.423. The van der Waals surface area contributed by atoms with Crippen LogP contribution in [-0.2, 0) is 27.8 Å². The minimum absolute atomic E-state index is 0.115. The molecule has 2 amide bonds. The molecule has 170 valence electrons. The summed E-state index contributed by atoms with van der Waals surface area (Å²) in [6, 6.07) is 15.9. The predicted octanol–water partition coefficient (Wildman–Crippen LogP) is 4.77. The number of likely N-dealkylation sites (tertiary alicyclic amines) is 1. The summed E-state index contributed by atoms with van der Waals surface area (Å²) in [7, 11) is 0. The molecule has 2 aromatic carbocycles. The lowest BCUT2D eigenvalue weighted by Gasteiger charge is -2.55. The molecular weight excluding hydrogens is 550 g/mol. The van der Waals surface area contributed by atoms with Crippen LogP contribution >= 0.6 is 31.9 Å². The van der Waals surface area contributed by atoms with Crippen LogP contribution in [0.3, 0.4) is 0 Å². The Hall–Kier alpha value is -1.99. The van der Waals surface area contributed by atoms with E-state index in [1.54, 1.807) is 0 Å². The van der Waals surface area contributed by atoms with Gasteiger partial charge in [0.1, 0.15) is 12.6 Å². The molecule has 0 aromatic heterocycles. The fourth-order valence-corrected chi connectivity index (χ4v) is 8.72. The molecule has 2 bridgehead atoms. The average molecular weight is 573 g/mol. The first kappa shape index (κ1) is 21.5. The average Bonchev–Trinajstić information content (AvgIpc) is 3.09. The molecule has 5 aliphatic rings. The molecule has 4 aliphatic carbocycles. The lowest BCUT2D eigenvalue weighted by atomic mass is 9.54. The van der Waals surface area contributed by atoms with E-state index in [0.717, 1.165) is 59.3 Å². The number of amides is 2. The first-order chi connectivity index (χ1) is 15.9. The van der Waals surface area contributed by atoms with Gasteiger partial charge in [0.05, 0.1) is 20.5 Å². The Kier molecular flexibility index (Phi) is 4.90. The minimum Gasteiger partial charge on any atom is -0.461 e. The van der Waals surface area contributed by atoms with Crippen LogP contribution < -0.4 is 0 Å². The summed E-state index contributed by atoms with van der Waals surface area (Å²) in [5, 5.41) is 0. The standard InChI is InChI=1S/C26H23Br2NO4/c27-25-16-10-4-5-11-17(16)26(28,19-13-7-6-12-18(19)25)22-21(25)23(31)29(24(22)32)14-20(30)33-15-8-2-1-3-9-15/h4-7,10-13,15,21-22H,1-3,8-9,14H2/t21-,22-,25?,26?/m0/s1. The van der Waals surface area contributed by atoms with Gasteiger partial charge in [0, 0.05) is 0 Å². The highest BCUT2D eigenvalue weighted by atomic mass is 79.9. The molecule has 1 heterocycles. The maximum Gasteiger partial charge on any atom is 0.326 e. The van der Waals surface area contributed by atoms with Gasteiger partial charge in [-0.1, -0.05) is 86.8 Å². The molecule has 0 unspecified atom stereocenters. The van der Waals surface area contributed by atoms with Gasteiger partial charge in [0.2, 0.25) is 11.8 Å². The third-order valence-electron chi connectivity index (χ3n) is 7.81. The summed E-state index contributed by atoms with van der Waals surface area (Å²) in [5.74, 6) is -2.46. The van der Waals surface area contributed by atoms with E-state index in [4.69, 9.17) is 4.74 Å². The van der Waals surface area contributed by atoms with E-state index in [-0.39, 0.29) is 24.5 Å². The molecule has 2 fully saturated rings. The topological polar surface area (TPSA) is 63.7 Å². The van der Waals surface area contributed by atoms with Crippen LogP contribution in [0.5, 0.6) is 0 Å². The molecule has 0 spiro atoms. The second kappa shape index (κ2) is 7.51. The monoisotopic (exact) mass is 571 g/mol. The summed E-state index contributed by atoms with van der Waals surface area (Å²) in [6.07, 6.45) is 4.81. The van der Waals surface area contributed by atoms with E-state index in [0.29, 0.717) is 0 Å². The molecule has 1 aliphatic heterocycles. The van der Waals surface area contributed by atoms with E-state index >= 15 is 0 Å². The van der Waals surface area contributed by atoms with Gasteiger partial charge < -0.3 is 4.74 Å². The smallest absolute Gasteiger partial charge is 0.326 e. The number of carbonyl (C=O) groups excluding carboxylic acids is 3. The number of benzene rings is 2. The Morgan fingerprint density at radius 3 is 1.67 bits per heavy atom. The SMILES string of the molecule is O=C(CN1C(=O)[C@@H]2[C@@H](C1=O)C1(Br)c3ccccc3C2(Br)c2ccccc21)OC1CCCCC1. The number of hydrogen-bond donors (Lipinski definition) is 0. The van der Waals surface area contributed by atoms with Crippen molar-refractivity contribution in [3.63, 3.8) is 0 Å². The van der Waals surface area contributed by atoms with Crippen molar-refractivity contribution in [1.29, 1.82) is 0 Å². The molecule has 1 saturated heterocycles. The zero-order valence-electron chi connectivity index (χ0n) is 17.9. The molecule has 0 radical (unpaired) electrons. The van der Waals surface area contributed by atoms with Crippen LogP contribution in [0.2, 0.25) is 0 Å². The van der Waals surface area contributed by atoms with E-state index in [2.05, 4.69) is 31.9 Å². The Labute approximate surface area is 209 Å². The molecule has 7 heteroatoms. The second-order valence-electron chi connectivity index (χ2n) is 9.48. The Balaban J connectivity index is 1.41. The normalized spacial score (nSPS) is 32.4. The third-order valence-corrected chi connectivity index (χ3v) is 10.5. The first-order valence-corrected chi connectivity index (χ1v) is 13.1. The van der Waals surface area contributed by atoms with Crippen molar-refractivity contribution in [2.45, 2.75) is 46.9 Å². The van der Waals surface area contributed by atoms with Gasteiger partial charge in [-0.3, -0.25) is 19.3 Å². The van der Waals surface area contributed by atoms with Crippen molar-refractivity contribution in [2.24, 2.45) is 11.8 Å². The maximum atomic E-state index is 13.8. The van der Waals surface area contributed by atoms with Gasteiger partial charge in [-0.15, -0.1) is 0 Å². The lowest BCUT2D eigenvalue weighted by Crippen LogP contribution is -2.56. The number of rotatable bonds is 3.